The van der Waals surface area contributed by atoms with Gasteiger partial charge in [-0.05, 0) is 24.3 Å². The van der Waals surface area contributed by atoms with Crippen LogP contribution in [0.2, 0.25) is 0 Å². The molecule has 0 saturated heterocycles. The zero-order chi connectivity index (χ0) is 56.0. The van der Waals surface area contributed by atoms with Crippen LogP contribution in [0, 0.1) is 0 Å². The van der Waals surface area contributed by atoms with E-state index in [-0.39, 0.29) is 11.5 Å². The van der Waals surface area contributed by atoms with Gasteiger partial charge in [-0.15, -0.1) is 0 Å². The zero-order valence-electron chi connectivity index (χ0n) is 35.9. The van der Waals surface area contributed by atoms with E-state index in [9.17, 15) is 110 Å². The maximum absolute atomic E-state index is 14.2. The third kappa shape index (κ3) is 13.5. The molecule has 0 aliphatic carbocycles. The Bertz CT molecular complexity index is 2550. The van der Waals surface area contributed by atoms with E-state index < -0.39 is 195 Å². The molecule has 1 aromatic heterocycles. The Morgan fingerprint density at radius 2 is 0.676 bits per heavy atom. The van der Waals surface area contributed by atoms with Crippen molar-refractivity contribution in [3.05, 3.63) is 177 Å². The van der Waals surface area contributed by atoms with Crippen molar-refractivity contribution in [2.45, 2.75) is 56.0 Å². The van der Waals surface area contributed by atoms with Gasteiger partial charge in [0.25, 0.3) is 5.69 Å². The average molecular weight is 1110 g/mol. The molecule has 0 amide bonds. The van der Waals surface area contributed by atoms with Crippen molar-refractivity contribution in [1.82, 2.24) is 4.98 Å². The fraction of sp³-hybridized carbons (Fsp3) is 0.222. The number of alkyl halides is 24. The van der Waals surface area contributed by atoms with Gasteiger partial charge in [-0.1, -0.05) is 78.9 Å². The van der Waals surface area contributed by atoms with Crippen molar-refractivity contribution in [1.29, 1.82) is 0 Å². The van der Waals surface area contributed by atoms with Crippen LogP contribution in [0.3, 0.4) is 0 Å². The third-order valence-corrected chi connectivity index (χ3v) is 11.2. The maximum atomic E-state index is 14.2. The van der Waals surface area contributed by atoms with Crippen LogP contribution in [0.5, 0.6) is 0 Å². The maximum Gasteiger partial charge on any atom is 0.416 e. The Labute approximate surface area is 404 Å². The minimum absolute atomic E-state index is 0.0163. The first-order valence-electron chi connectivity index (χ1n) is 19.9. The first-order chi connectivity index (χ1) is 33.6. The molecular formula is C45H25BF24N2OS. The Kier molecular flexibility index (Phi) is 16.1. The standard InChI is InChI=1S/C32H12BF24.C13H12N2OS/c34-25(35,36)13-1-14(26(37,38)39)6-21(5-13)33(22-7-15(27(40,41)42)2-16(8-22)28(43,44)45,23-9-17(29(46,47)48)3-18(10-23)30(49,50)51)24-11-19(31(52,53)54)4-20(12-24)32(55,56)57;16-13(10-17)12-8-14-6-7-15(12)9-11-4-2-1-3-5-11/h1-12H;1-8H,9-10H2/q-1;/p+1. The summed E-state index contributed by atoms with van der Waals surface area (Å²) in [7, 11) is 0. The lowest BCUT2D eigenvalue weighted by molar-refractivity contribution is -0.690. The number of nitrogens with zero attached hydrogens (tertiary/aromatic N) is 2. The lowest BCUT2D eigenvalue weighted by Gasteiger charge is -2.46. The molecule has 0 spiro atoms. The Morgan fingerprint density at radius 3 is 0.905 bits per heavy atom. The fourth-order valence-electron chi connectivity index (χ4n) is 7.69. The van der Waals surface area contributed by atoms with Gasteiger partial charge in [0, 0.05) is 5.56 Å². The first kappa shape index (κ1) is 58.5. The van der Waals surface area contributed by atoms with Gasteiger partial charge < -0.3 is 0 Å². The van der Waals surface area contributed by atoms with Crippen LogP contribution in [-0.4, -0.2) is 22.7 Å². The second-order valence-electron chi connectivity index (χ2n) is 15.9. The average Bonchev–Trinajstić information content (AvgIpc) is 3.27. The molecule has 0 radical (unpaired) electrons. The summed E-state index contributed by atoms with van der Waals surface area (Å²) < 4.78 is 343. The van der Waals surface area contributed by atoms with Crippen LogP contribution in [0.1, 0.15) is 60.6 Å². The molecule has 0 N–H and O–H groups in total. The van der Waals surface area contributed by atoms with Crippen LogP contribution >= 0.6 is 12.6 Å². The molecule has 398 valence electrons. The van der Waals surface area contributed by atoms with E-state index in [2.05, 4.69) is 17.6 Å². The molecule has 29 heteroatoms. The molecule has 6 aromatic rings. The number of hydrogen-bond acceptors (Lipinski definition) is 3. The fourth-order valence-corrected chi connectivity index (χ4v) is 7.85. The van der Waals surface area contributed by atoms with Crippen LogP contribution in [0.25, 0.3) is 0 Å². The lowest BCUT2D eigenvalue weighted by atomic mass is 9.12. The highest BCUT2D eigenvalue weighted by Crippen LogP contribution is 2.41. The molecule has 0 saturated carbocycles. The first-order valence-corrected chi connectivity index (χ1v) is 20.6. The molecule has 6 rings (SSSR count). The smallest absolute Gasteiger partial charge is 0.286 e. The normalized spacial score (nSPS) is 13.4. The molecule has 3 nitrogen and oxygen atoms in total. The number of carbonyl (C=O) groups excluding carboxylic acids is 1. The van der Waals surface area contributed by atoms with Gasteiger partial charge in [0.15, 0.2) is 12.7 Å². The zero-order valence-corrected chi connectivity index (χ0v) is 36.8. The van der Waals surface area contributed by atoms with Crippen LogP contribution in [-0.2, 0) is 56.0 Å². The van der Waals surface area contributed by atoms with Gasteiger partial charge in [0.2, 0.25) is 5.78 Å². The van der Waals surface area contributed by atoms with Gasteiger partial charge in [-0.3, -0.25) is 9.78 Å². The number of Topliss-reactive ketones (excluding diaryl/α,β-unsaturated/α-hetero) is 1. The Hall–Kier alpha value is -6.42. The molecule has 0 fully saturated rings. The van der Waals surface area contributed by atoms with Crippen molar-refractivity contribution in [2.75, 3.05) is 5.75 Å². The summed E-state index contributed by atoms with van der Waals surface area (Å²) >= 11 is 4.01. The summed E-state index contributed by atoms with van der Waals surface area (Å²) in [5, 5.41) is 0. The van der Waals surface area contributed by atoms with Crippen molar-refractivity contribution < 1.29 is 115 Å². The largest absolute Gasteiger partial charge is 0.416 e. The minimum atomic E-state index is -6.13. The highest BCUT2D eigenvalue weighted by atomic mass is 32.1. The highest BCUT2D eigenvalue weighted by Gasteiger charge is 2.47. The van der Waals surface area contributed by atoms with Crippen LogP contribution < -0.4 is 26.4 Å². The summed E-state index contributed by atoms with van der Waals surface area (Å²) in [6.07, 6.45) is -49.7. The van der Waals surface area contributed by atoms with E-state index in [1.165, 1.54) is 0 Å². The molecule has 1 heterocycles. The number of rotatable bonds is 8. The number of benzene rings is 5. The number of thiol groups is 1. The number of hydrogen-bond donors (Lipinski definition) is 1. The van der Waals surface area contributed by atoms with Crippen molar-refractivity contribution in [3.8, 4) is 0 Å². The van der Waals surface area contributed by atoms with Gasteiger partial charge in [-0.2, -0.15) is 144 Å². The SMILES string of the molecule is FC(F)(F)c1cc([B-](c2cc(C(F)(F)F)cc(C(F)(F)F)c2)(c2cc(C(F)(F)F)cc(C(F)(F)F)c2)c2cc(C(F)(F)F)cc(C(F)(F)F)c2)cc(C(F)(F)F)c1.O=C(CS)c1cncc[n+]1Cc1ccccc1. The van der Waals surface area contributed by atoms with E-state index >= 15 is 0 Å². The predicted molar refractivity (Wildman–Crippen MR) is 218 cm³/mol. The summed E-state index contributed by atoms with van der Waals surface area (Å²) in [6.45, 7) is 0.665. The number of carbonyl (C=O) groups is 1. The van der Waals surface area contributed by atoms with E-state index in [1.54, 1.807) is 12.4 Å². The second-order valence-corrected chi connectivity index (χ2v) is 16.2. The van der Waals surface area contributed by atoms with E-state index in [4.69, 9.17) is 0 Å². The summed E-state index contributed by atoms with van der Waals surface area (Å²) in [5.41, 5.74) is -28.5. The second kappa shape index (κ2) is 20.4. The summed E-state index contributed by atoms with van der Waals surface area (Å²) in [4.78, 5) is 15.7. The minimum Gasteiger partial charge on any atom is -0.286 e. The number of halogens is 24. The monoisotopic (exact) mass is 1110 g/mol. The van der Waals surface area contributed by atoms with Crippen molar-refractivity contribution >= 4 is 46.4 Å². The molecule has 0 aliphatic heterocycles. The van der Waals surface area contributed by atoms with Crippen LogP contribution in [0.15, 0.2) is 122 Å². The Balaban J connectivity index is 0.000000500. The van der Waals surface area contributed by atoms with E-state index in [1.807, 2.05) is 41.1 Å². The molecular weight excluding hydrogens is 1080 g/mol. The Morgan fingerprint density at radius 1 is 0.419 bits per heavy atom. The molecule has 0 atom stereocenters. The molecule has 0 aliphatic rings. The molecule has 0 bridgehead atoms. The molecule has 0 unspecified atom stereocenters. The van der Waals surface area contributed by atoms with Gasteiger partial charge in [0.1, 0.15) is 12.3 Å². The van der Waals surface area contributed by atoms with Gasteiger partial charge in [0.05, 0.1) is 56.5 Å². The number of ketones is 1. The molecule has 5 aromatic carbocycles. The van der Waals surface area contributed by atoms with E-state index in [0.29, 0.717) is 12.2 Å². The topological polar surface area (TPSA) is 33.8 Å². The summed E-state index contributed by atoms with van der Waals surface area (Å²) in [6, 6.07) is 1.19. The van der Waals surface area contributed by atoms with Gasteiger partial charge in [-0.25, -0.2) is 0 Å². The lowest BCUT2D eigenvalue weighted by Crippen LogP contribution is -2.75. The quantitative estimate of drug-likeness (QED) is 0.0542. The van der Waals surface area contributed by atoms with E-state index in [0.717, 1.165) is 5.56 Å². The predicted octanol–water partition coefficient (Wildman–Crippen LogP) is 12.7. The number of aromatic nitrogens is 2. The third-order valence-electron chi connectivity index (χ3n) is 10.9. The summed E-state index contributed by atoms with van der Waals surface area (Å²) in [5.74, 6) is 0.179. The van der Waals surface area contributed by atoms with Crippen LogP contribution in [0.4, 0.5) is 105 Å². The molecule has 74 heavy (non-hydrogen) atoms. The van der Waals surface area contributed by atoms with Crippen molar-refractivity contribution in [2.24, 2.45) is 0 Å². The highest BCUT2D eigenvalue weighted by molar-refractivity contribution is 7.81. The van der Waals surface area contributed by atoms with Gasteiger partial charge >= 0.3 is 49.4 Å². The van der Waals surface area contributed by atoms with Crippen molar-refractivity contribution in [3.63, 3.8) is 0 Å².